The van der Waals surface area contributed by atoms with Crippen molar-refractivity contribution in [3.8, 4) is 22.6 Å². The summed E-state index contributed by atoms with van der Waals surface area (Å²) in [6.07, 6.45) is -2.02. The number of aryl methyl sites for hydroxylation is 1. The maximum absolute atomic E-state index is 12.8. The van der Waals surface area contributed by atoms with Gasteiger partial charge in [-0.25, -0.2) is 8.42 Å². The summed E-state index contributed by atoms with van der Waals surface area (Å²) in [4.78, 5) is 14.3. The molecule has 0 spiro atoms. The Morgan fingerprint density at radius 1 is 1.03 bits per heavy atom. The van der Waals surface area contributed by atoms with Crippen LogP contribution in [0.2, 0.25) is 0 Å². The SMILES string of the molecule is Cc1cc(-c2cc(NS(C)(=O)=O)ccc2Oc2ccc(C(F)(F)F)cc2)c[nH]c1=O. The molecule has 0 unspecified atom stereocenters. The number of sulfonamides is 1. The van der Waals surface area contributed by atoms with Crippen molar-refractivity contribution in [2.75, 3.05) is 11.0 Å². The third-order valence-corrected chi connectivity index (χ3v) is 4.70. The lowest BCUT2D eigenvalue weighted by atomic mass is 10.0. The minimum Gasteiger partial charge on any atom is -0.457 e. The molecular formula is C20H17F3N2O4S. The van der Waals surface area contributed by atoms with Crippen LogP contribution < -0.4 is 15.0 Å². The second kappa shape index (κ2) is 7.86. The topological polar surface area (TPSA) is 88.3 Å². The number of alkyl halides is 3. The molecule has 0 saturated heterocycles. The lowest BCUT2D eigenvalue weighted by molar-refractivity contribution is -0.137. The summed E-state index contributed by atoms with van der Waals surface area (Å²) in [5.74, 6) is 0.425. The summed E-state index contributed by atoms with van der Waals surface area (Å²) < 4.78 is 69.5. The van der Waals surface area contributed by atoms with Crippen molar-refractivity contribution >= 4 is 15.7 Å². The van der Waals surface area contributed by atoms with E-state index >= 15 is 0 Å². The number of hydrogen-bond acceptors (Lipinski definition) is 4. The Balaban J connectivity index is 2.04. The normalized spacial score (nSPS) is 11.9. The predicted molar refractivity (Wildman–Crippen MR) is 107 cm³/mol. The highest BCUT2D eigenvalue weighted by Gasteiger charge is 2.30. The first-order valence-electron chi connectivity index (χ1n) is 8.59. The van der Waals surface area contributed by atoms with E-state index in [0.717, 1.165) is 18.4 Å². The van der Waals surface area contributed by atoms with E-state index in [1.165, 1.54) is 36.5 Å². The van der Waals surface area contributed by atoms with Gasteiger partial charge in [0.2, 0.25) is 10.0 Å². The summed E-state index contributed by atoms with van der Waals surface area (Å²) in [6.45, 7) is 1.61. The van der Waals surface area contributed by atoms with Crippen molar-refractivity contribution in [3.63, 3.8) is 0 Å². The molecule has 0 atom stereocenters. The van der Waals surface area contributed by atoms with Crippen molar-refractivity contribution in [2.45, 2.75) is 13.1 Å². The van der Waals surface area contributed by atoms with E-state index in [4.69, 9.17) is 4.74 Å². The molecule has 30 heavy (non-hydrogen) atoms. The van der Waals surface area contributed by atoms with Crippen molar-refractivity contribution in [3.05, 3.63) is 76.2 Å². The van der Waals surface area contributed by atoms with Gasteiger partial charge in [0.15, 0.2) is 0 Å². The fraction of sp³-hybridized carbons (Fsp3) is 0.150. The predicted octanol–water partition coefficient (Wildman–Crippen LogP) is 4.53. The molecule has 1 heterocycles. The van der Waals surface area contributed by atoms with Crippen LogP contribution in [-0.4, -0.2) is 19.7 Å². The van der Waals surface area contributed by atoms with Gasteiger partial charge in [-0.2, -0.15) is 13.2 Å². The third-order valence-electron chi connectivity index (χ3n) is 4.09. The van der Waals surface area contributed by atoms with Crippen LogP contribution in [0.3, 0.4) is 0 Å². The molecule has 0 fully saturated rings. The second-order valence-electron chi connectivity index (χ2n) is 6.61. The number of nitrogens with one attached hydrogen (secondary N) is 2. The van der Waals surface area contributed by atoms with E-state index in [2.05, 4.69) is 9.71 Å². The van der Waals surface area contributed by atoms with Crippen LogP contribution in [0.25, 0.3) is 11.1 Å². The van der Waals surface area contributed by atoms with Gasteiger partial charge in [-0.15, -0.1) is 0 Å². The number of ether oxygens (including phenoxy) is 1. The van der Waals surface area contributed by atoms with E-state index in [9.17, 15) is 26.4 Å². The molecule has 6 nitrogen and oxygen atoms in total. The highest BCUT2D eigenvalue weighted by molar-refractivity contribution is 7.92. The van der Waals surface area contributed by atoms with Gasteiger partial charge in [-0.05, 0) is 55.5 Å². The molecule has 158 valence electrons. The van der Waals surface area contributed by atoms with Crippen LogP contribution in [0.15, 0.2) is 59.5 Å². The zero-order chi connectivity index (χ0) is 22.1. The van der Waals surface area contributed by atoms with Crippen LogP contribution in [0.1, 0.15) is 11.1 Å². The molecular weight excluding hydrogens is 421 g/mol. The molecule has 0 amide bonds. The van der Waals surface area contributed by atoms with Gasteiger partial charge in [0.1, 0.15) is 11.5 Å². The van der Waals surface area contributed by atoms with E-state index in [0.29, 0.717) is 16.7 Å². The summed E-state index contributed by atoms with van der Waals surface area (Å²) in [7, 11) is -3.54. The summed E-state index contributed by atoms with van der Waals surface area (Å²) in [6, 6.07) is 10.2. The Bertz CT molecular complexity index is 1230. The molecule has 0 aliphatic carbocycles. The molecule has 0 aliphatic rings. The van der Waals surface area contributed by atoms with Crippen molar-refractivity contribution < 1.29 is 26.3 Å². The maximum atomic E-state index is 12.8. The average Bonchev–Trinajstić information content (AvgIpc) is 2.64. The molecule has 10 heteroatoms. The number of rotatable bonds is 5. The molecule has 3 aromatic rings. The van der Waals surface area contributed by atoms with Gasteiger partial charge in [0.05, 0.1) is 11.8 Å². The van der Waals surface area contributed by atoms with Crippen LogP contribution >= 0.6 is 0 Å². The van der Waals surface area contributed by atoms with Gasteiger partial charge >= 0.3 is 6.18 Å². The Morgan fingerprint density at radius 2 is 1.70 bits per heavy atom. The summed E-state index contributed by atoms with van der Waals surface area (Å²) >= 11 is 0. The number of benzene rings is 2. The number of aromatic nitrogens is 1. The van der Waals surface area contributed by atoms with Gasteiger partial charge in [-0.3, -0.25) is 9.52 Å². The number of hydrogen-bond donors (Lipinski definition) is 2. The smallest absolute Gasteiger partial charge is 0.416 e. The Morgan fingerprint density at radius 3 is 2.27 bits per heavy atom. The van der Waals surface area contributed by atoms with Crippen LogP contribution in [-0.2, 0) is 16.2 Å². The highest BCUT2D eigenvalue weighted by Crippen LogP contribution is 2.37. The summed E-state index contributed by atoms with van der Waals surface area (Å²) in [5.41, 5.74) is 0.563. The Labute approximate surface area is 170 Å². The molecule has 3 rings (SSSR count). The fourth-order valence-corrected chi connectivity index (χ4v) is 3.27. The molecule has 1 aromatic heterocycles. The minimum absolute atomic E-state index is 0.161. The number of pyridine rings is 1. The molecule has 2 aromatic carbocycles. The third kappa shape index (κ3) is 5.20. The molecule has 2 N–H and O–H groups in total. The van der Waals surface area contributed by atoms with E-state index in [-0.39, 0.29) is 22.7 Å². The minimum atomic E-state index is -4.46. The average molecular weight is 438 g/mol. The quantitative estimate of drug-likeness (QED) is 0.613. The van der Waals surface area contributed by atoms with Crippen LogP contribution in [0.4, 0.5) is 18.9 Å². The number of halogens is 3. The van der Waals surface area contributed by atoms with Gasteiger partial charge < -0.3 is 9.72 Å². The lowest BCUT2D eigenvalue weighted by Crippen LogP contribution is -2.10. The van der Waals surface area contributed by atoms with Gasteiger partial charge in [0, 0.05) is 28.6 Å². The molecule has 0 saturated carbocycles. The molecule has 0 aliphatic heterocycles. The van der Waals surface area contributed by atoms with Crippen molar-refractivity contribution in [1.82, 2.24) is 4.98 Å². The molecule has 0 radical (unpaired) electrons. The van der Waals surface area contributed by atoms with Crippen LogP contribution in [0, 0.1) is 6.92 Å². The Hall–Kier alpha value is -3.27. The van der Waals surface area contributed by atoms with E-state index < -0.39 is 21.8 Å². The second-order valence-corrected chi connectivity index (χ2v) is 8.36. The van der Waals surface area contributed by atoms with Crippen LogP contribution in [0.5, 0.6) is 11.5 Å². The van der Waals surface area contributed by atoms with Crippen molar-refractivity contribution in [1.29, 1.82) is 0 Å². The van der Waals surface area contributed by atoms with Gasteiger partial charge in [0.25, 0.3) is 5.56 Å². The monoisotopic (exact) mass is 438 g/mol. The lowest BCUT2D eigenvalue weighted by Gasteiger charge is -2.15. The first-order valence-corrected chi connectivity index (χ1v) is 10.5. The van der Waals surface area contributed by atoms with Gasteiger partial charge in [-0.1, -0.05) is 0 Å². The maximum Gasteiger partial charge on any atom is 0.416 e. The zero-order valence-electron chi connectivity index (χ0n) is 15.9. The fourth-order valence-electron chi connectivity index (χ4n) is 2.71. The largest absolute Gasteiger partial charge is 0.457 e. The zero-order valence-corrected chi connectivity index (χ0v) is 16.7. The number of anilines is 1. The first-order chi connectivity index (χ1) is 13.9. The van der Waals surface area contributed by atoms with Crippen molar-refractivity contribution in [2.24, 2.45) is 0 Å². The highest BCUT2D eigenvalue weighted by atomic mass is 32.2. The number of H-pyrrole nitrogens is 1. The van der Waals surface area contributed by atoms with E-state index in [1.807, 2.05) is 0 Å². The Kier molecular flexibility index (Phi) is 5.62. The molecule has 0 bridgehead atoms. The summed E-state index contributed by atoms with van der Waals surface area (Å²) in [5, 5.41) is 0. The standard InChI is InChI=1S/C20H17F3N2O4S/c1-12-9-13(11-24-19(12)26)17-10-15(25-30(2,27)28)5-8-18(17)29-16-6-3-14(4-7-16)20(21,22)23/h3-11,25H,1-2H3,(H,24,26). The number of aromatic amines is 1. The van der Waals surface area contributed by atoms with E-state index in [1.54, 1.807) is 13.0 Å². The first kappa shape index (κ1) is 21.4.